The van der Waals surface area contributed by atoms with Crippen LogP contribution in [0.15, 0.2) is 16.5 Å². The van der Waals surface area contributed by atoms with Crippen LogP contribution >= 0.6 is 0 Å². The molecule has 0 aliphatic rings. The molecule has 1 rings (SSSR count). The fourth-order valence-corrected chi connectivity index (χ4v) is 1.31. The molecule has 1 aromatic rings. The number of unbranched alkanes of at least 4 members (excludes halogenated alkanes) is 2. The van der Waals surface area contributed by atoms with Crippen molar-refractivity contribution in [2.24, 2.45) is 0 Å². The number of carboxylic acid groups (broad SMARTS) is 1. The third kappa shape index (κ3) is 4.35. The average molecular weight is 227 g/mol. The van der Waals surface area contributed by atoms with Gasteiger partial charge in [0.05, 0.1) is 0 Å². The van der Waals surface area contributed by atoms with Crippen molar-refractivity contribution in [3.05, 3.63) is 17.9 Å². The number of carbonyl (C=O) groups is 1. The van der Waals surface area contributed by atoms with E-state index in [4.69, 9.17) is 14.3 Å². The second-order valence-corrected chi connectivity index (χ2v) is 3.45. The summed E-state index contributed by atoms with van der Waals surface area (Å²) in [7, 11) is 1.69. The maximum Gasteiger partial charge on any atom is 0.371 e. The van der Waals surface area contributed by atoms with E-state index in [1.807, 2.05) is 0 Å². The first-order chi connectivity index (χ1) is 7.74. The van der Waals surface area contributed by atoms with E-state index in [0.717, 1.165) is 32.4 Å². The Labute approximate surface area is 94.4 Å². The maximum absolute atomic E-state index is 10.5. The number of ether oxygens (including phenoxy) is 1. The quantitative estimate of drug-likeness (QED) is 0.666. The van der Waals surface area contributed by atoms with E-state index in [9.17, 15) is 4.79 Å². The number of nitrogens with one attached hydrogen (secondary N) is 1. The summed E-state index contributed by atoms with van der Waals surface area (Å²) in [6.45, 7) is 1.56. The van der Waals surface area contributed by atoms with Crippen LogP contribution in [0.1, 0.15) is 29.8 Å². The van der Waals surface area contributed by atoms with Crippen LogP contribution in [0.3, 0.4) is 0 Å². The van der Waals surface area contributed by atoms with Crippen molar-refractivity contribution in [2.45, 2.75) is 19.3 Å². The van der Waals surface area contributed by atoms with E-state index < -0.39 is 5.97 Å². The predicted molar refractivity (Wildman–Crippen MR) is 59.9 cm³/mol. The largest absolute Gasteiger partial charge is 0.475 e. The monoisotopic (exact) mass is 227 g/mol. The highest BCUT2D eigenvalue weighted by Gasteiger charge is 2.07. The topological polar surface area (TPSA) is 71.7 Å². The summed E-state index contributed by atoms with van der Waals surface area (Å²) in [5.41, 5.74) is 0. The first-order valence-corrected chi connectivity index (χ1v) is 5.30. The van der Waals surface area contributed by atoms with E-state index in [1.54, 1.807) is 13.2 Å². The number of furan rings is 1. The zero-order valence-corrected chi connectivity index (χ0v) is 9.36. The van der Waals surface area contributed by atoms with E-state index >= 15 is 0 Å². The highest BCUT2D eigenvalue weighted by Crippen LogP contribution is 2.13. The van der Waals surface area contributed by atoms with Crippen LogP contribution in [0, 0.1) is 0 Å². The average Bonchev–Trinajstić information content (AvgIpc) is 2.72. The zero-order chi connectivity index (χ0) is 11.8. The van der Waals surface area contributed by atoms with Gasteiger partial charge in [0.2, 0.25) is 5.76 Å². The van der Waals surface area contributed by atoms with Crippen molar-refractivity contribution in [2.75, 3.05) is 25.6 Å². The Balaban J connectivity index is 2.14. The number of anilines is 1. The number of carboxylic acids is 1. The molecule has 1 heterocycles. The molecule has 0 aliphatic heterocycles. The Kier molecular flexibility index (Phi) is 5.42. The van der Waals surface area contributed by atoms with Crippen molar-refractivity contribution in [1.82, 2.24) is 0 Å². The number of hydrogen-bond acceptors (Lipinski definition) is 4. The molecule has 16 heavy (non-hydrogen) atoms. The Morgan fingerprint density at radius 2 is 2.25 bits per heavy atom. The summed E-state index contributed by atoms with van der Waals surface area (Å²) in [5.74, 6) is -0.584. The molecule has 0 aliphatic carbocycles. The lowest BCUT2D eigenvalue weighted by atomic mass is 10.2. The van der Waals surface area contributed by atoms with Gasteiger partial charge in [0, 0.05) is 26.3 Å². The summed E-state index contributed by atoms with van der Waals surface area (Å²) in [4.78, 5) is 10.5. The van der Waals surface area contributed by atoms with Crippen LogP contribution in [0.4, 0.5) is 5.88 Å². The summed E-state index contributed by atoms with van der Waals surface area (Å²) in [6, 6.07) is 3.06. The van der Waals surface area contributed by atoms with Crippen LogP contribution in [-0.4, -0.2) is 31.3 Å². The van der Waals surface area contributed by atoms with Crippen molar-refractivity contribution in [3.8, 4) is 0 Å². The van der Waals surface area contributed by atoms with E-state index in [1.165, 1.54) is 6.07 Å². The van der Waals surface area contributed by atoms with Gasteiger partial charge in [0.15, 0.2) is 5.88 Å². The Morgan fingerprint density at radius 3 is 2.88 bits per heavy atom. The predicted octanol–water partition coefficient (Wildman–Crippen LogP) is 2.21. The second-order valence-electron chi connectivity index (χ2n) is 3.45. The molecule has 0 aromatic carbocycles. The molecule has 1 aromatic heterocycles. The molecule has 90 valence electrons. The van der Waals surface area contributed by atoms with Gasteiger partial charge < -0.3 is 19.6 Å². The van der Waals surface area contributed by atoms with Crippen molar-refractivity contribution < 1.29 is 19.1 Å². The molecule has 0 amide bonds. The minimum Gasteiger partial charge on any atom is -0.475 e. The molecule has 0 unspecified atom stereocenters. The first-order valence-electron chi connectivity index (χ1n) is 5.30. The van der Waals surface area contributed by atoms with Gasteiger partial charge in [-0.2, -0.15) is 0 Å². The van der Waals surface area contributed by atoms with Gasteiger partial charge in [-0.15, -0.1) is 0 Å². The minimum atomic E-state index is -1.05. The summed E-state index contributed by atoms with van der Waals surface area (Å²) >= 11 is 0. The Morgan fingerprint density at radius 1 is 1.44 bits per heavy atom. The smallest absolute Gasteiger partial charge is 0.371 e. The first kappa shape index (κ1) is 12.6. The molecular formula is C11H17NO4. The van der Waals surface area contributed by atoms with Gasteiger partial charge in [0.1, 0.15) is 0 Å². The van der Waals surface area contributed by atoms with Crippen LogP contribution in [0.25, 0.3) is 0 Å². The molecule has 0 bridgehead atoms. The SMILES string of the molecule is COCCCCCNc1ccc(C(=O)O)o1. The van der Waals surface area contributed by atoms with E-state index in [2.05, 4.69) is 5.32 Å². The van der Waals surface area contributed by atoms with Crippen molar-refractivity contribution >= 4 is 11.9 Å². The van der Waals surface area contributed by atoms with Gasteiger partial charge in [0.25, 0.3) is 0 Å². The maximum atomic E-state index is 10.5. The van der Waals surface area contributed by atoms with E-state index in [-0.39, 0.29) is 5.76 Å². The van der Waals surface area contributed by atoms with Gasteiger partial charge >= 0.3 is 5.97 Å². The van der Waals surface area contributed by atoms with Crippen molar-refractivity contribution in [3.63, 3.8) is 0 Å². The summed E-state index contributed by atoms with van der Waals surface area (Å²) in [5, 5.41) is 11.7. The van der Waals surface area contributed by atoms with Gasteiger partial charge in [-0.3, -0.25) is 0 Å². The highest BCUT2D eigenvalue weighted by molar-refractivity contribution is 5.84. The molecule has 0 saturated carbocycles. The Hall–Kier alpha value is -1.49. The van der Waals surface area contributed by atoms with Crippen LogP contribution in [0.2, 0.25) is 0 Å². The third-order valence-corrected chi connectivity index (χ3v) is 2.14. The van der Waals surface area contributed by atoms with Gasteiger partial charge in [-0.1, -0.05) is 0 Å². The Bertz CT molecular complexity index is 322. The minimum absolute atomic E-state index is 0.0399. The standard InChI is InChI=1S/C11H17NO4/c1-15-8-4-2-3-7-12-10-6-5-9(16-10)11(13)14/h5-6,12H,2-4,7-8H2,1H3,(H,13,14). The molecule has 5 heteroatoms. The normalized spacial score (nSPS) is 10.3. The van der Waals surface area contributed by atoms with Gasteiger partial charge in [-0.25, -0.2) is 4.79 Å². The molecule has 0 saturated heterocycles. The lowest BCUT2D eigenvalue weighted by Crippen LogP contribution is -2.01. The third-order valence-electron chi connectivity index (χ3n) is 2.14. The van der Waals surface area contributed by atoms with Crippen LogP contribution in [0.5, 0.6) is 0 Å². The van der Waals surface area contributed by atoms with Gasteiger partial charge in [-0.05, 0) is 25.3 Å². The molecular weight excluding hydrogens is 210 g/mol. The van der Waals surface area contributed by atoms with Crippen molar-refractivity contribution in [1.29, 1.82) is 0 Å². The molecule has 0 spiro atoms. The number of methoxy groups -OCH3 is 1. The molecule has 0 fully saturated rings. The van der Waals surface area contributed by atoms with E-state index in [0.29, 0.717) is 5.88 Å². The number of aromatic carboxylic acids is 1. The fourth-order valence-electron chi connectivity index (χ4n) is 1.31. The summed E-state index contributed by atoms with van der Waals surface area (Å²) < 4.78 is 9.97. The second kappa shape index (κ2) is 6.90. The fraction of sp³-hybridized carbons (Fsp3) is 0.545. The number of hydrogen-bond donors (Lipinski definition) is 2. The lowest BCUT2D eigenvalue weighted by Gasteiger charge is -2.02. The summed E-state index contributed by atoms with van der Waals surface area (Å²) in [6.07, 6.45) is 3.12. The molecule has 0 atom stereocenters. The number of rotatable bonds is 8. The molecule has 5 nitrogen and oxygen atoms in total. The molecule has 2 N–H and O–H groups in total. The zero-order valence-electron chi connectivity index (χ0n) is 9.36. The van der Waals surface area contributed by atoms with Crippen LogP contribution in [-0.2, 0) is 4.74 Å². The lowest BCUT2D eigenvalue weighted by molar-refractivity contribution is 0.0663. The molecule has 0 radical (unpaired) electrons. The highest BCUT2D eigenvalue weighted by atomic mass is 16.5. The van der Waals surface area contributed by atoms with Crippen LogP contribution < -0.4 is 5.32 Å².